The molecule has 3 rings (SSSR count). The predicted octanol–water partition coefficient (Wildman–Crippen LogP) is 2.75. The van der Waals surface area contributed by atoms with E-state index in [1.54, 1.807) is 0 Å². The second-order valence-corrected chi connectivity index (χ2v) is 6.79. The summed E-state index contributed by atoms with van der Waals surface area (Å²) in [6, 6.07) is 10.9. The van der Waals surface area contributed by atoms with Crippen molar-refractivity contribution in [1.29, 1.82) is 0 Å². The number of benzene rings is 1. The number of amides is 1. The van der Waals surface area contributed by atoms with Crippen molar-refractivity contribution in [2.75, 3.05) is 7.11 Å². The minimum atomic E-state index is -0.674. The summed E-state index contributed by atoms with van der Waals surface area (Å²) in [5, 5.41) is 2.82. The van der Waals surface area contributed by atoms with Gasteiger partial charge < -0.3 is 10.1 Å². The number of nitrogens with one attached hydrogen (secondary N) is 1. The summed E-state index contributed by atoms with van der Waals surface area (Å²) in [4.78, 5) is 26.4. The molecule has 0 aliphatic heterocycles. The first kappa shape index (κ1) is 15.7. The van der Waals surface area contributed by atoms with Crippen LogP contribution in [0.15, 0.2) is 36.4 Å². The fraction of sp³-hybridized carbons (Fsp3) is 0.333. The Kier molecular flexibility index (Phi) is 4.76. The molecule has 120 valence electrons. The average molecular weight is 329 g/mol. The van der Waals surface area contributed by atoms with Crippen LogP contribution in [0.2, 0.25) is 0 Å². The smallest absolute Gasteiger partial charge is 0.328 e. The van der Waals surface area contributed by atoms with Crippen molar-refractivity contribution in [3.05, 3.63) is 57.3 Å². The van der Waals surface area contributed by atoms with Crippen molar-refractivity contribution in [3.63, 3.8) is 0 Å². The van der Waals surface area contributed by atoms with Gasteiger partial charge in [0.2, 0.25) is 0 Å². The molecule has 1 aliphatic carbocycles. The molecule has 1 amide bonds. The first-order chi connectivity index (χ1) is 11.2. The minimum absolute atomic E-state index is 0.198. The quantitative estimate of drug-likeness (QED) is 0.858. The maximum Gasteiger partial charge on any atom is 0.328 e. The second-order valence-electron chi connectivity index (χ2n) is 5.65. The zero-order valence-corrected chi connectivity index (χ0v) is 13.8. The number of carbonyl (C=O) groups excluding carboxylic acids is 2. The van der Waals surface area contributed by atoms with Crippen LogP contribution in [0.5, 0.6) is 0 Å². The third-order valence-corrected chi connectivity index (χ3v) is 5.28. The molecular weight excluding hydrogens is 310 g/mol. The molecule has 1 aromatic heterocycles. The lowest BCUT2D eigenvalue weighted by molar-refractivity contribution is -0.142. The molecule has 0 spiro atoms. The fourth-order valence-electron chi connectivity index (χ4n) is 2.86. The number of thiophene rings is 1. The van der Waals surface area contributed by atoms with E-state index >= 15 is 0 Å². The lowest BCUT2D eigenvalue weighted by Crippen LogP contribution is -2.42. The number of fused-ring (bicyclic) bond motifs is 1. The van der Waals surface area contributed by atoms with Crippen LogP contribution >= 0.6 is 11.3 Å². The molecule has 0 bridgehead atoms. The number of esters is 1. The molecule has 0 radical (unpaired) electrons. The largest absolute Gasteiger partial charge is 0.467 e. The van der Waals surface area contributed by atoms with E-state index in [9.17, 15) is 9.59 Å². The van der Waals surface area contributed by atoms with E-state index in [0.29, 0.717) is 11.3 Å². The zero-order chi connectivity index (χ0) is 16.2. The summed E-state index contributed by atoms with van der Waals surface area (Å²) in [7, 11) is 1.34. The van der Waals surface area contributed by atoms with Gasteiger partial charge in [0, 0.05) is 11.3 Å². The van der Waals surface area contributed by atoms with E-state index in [-0.39, 0.29) is 5.91 Å². The lowest BCUT2D eigenvalue weighted by Gasteiger charge is -2.16. The highest BCUT2D eigenvalue weighted by atomic mass is 32.1. The zero-order valence-electron chi connectivity index (χ0n) is 13.0. The van der Waals surface area contributed by atoms with E-state index < -0.39 is 12.0 Å². The van der Waals surface area contributed by atoms with Crippen LogP contribution in [0.25, 0.3) is 0 Å². The van der Waals surface area contributed by atoms with Gasteiger partial charge in [-0.3, -0.25) is 4.79 Å². The highest BCUT2D eigenvalue weighted by Crippen LogP contribution is 2.30. The topological polar surface area (TPSA) is 55.4 Å². The molecule has 1 N–H and O–H groups in total. The van der Waals surface area contributed by atoms with Crippen LogP contribution < -0.4 is 5.32 Å². The number of ether oxygens (including phenoxy) is 1. The molecule has 1 unspecified atom stereocenters. The van der Waals surface area contributed by atoms with Crippen molar-refractivity contribution < 1.29 is 14.3 Å². The Morgan fingerprint density at radius 1 is 1.26 bits per heavy atom. The Hall–Kier alpha value is -2.14. The molecule has 4 nitrogen and oxygen atoms in total. The van der Waals surface area contributed by atoms with E-state index in [1.807, 2.05) is 36.4 Å². The molecular formula is C18H19NO3S. The van der Waals surface area contributed by atoms with Gasteiger partial charge in [0.05, 0.1) is 12.0 Å². The van der Waals surface area contributed by atoms with E-state index in [4.69, 9.17) is 4.74 Å². The molecule has 1 atom stereocenters. The Morgan fingerprint density at radius 3 is 2.74 bits per heavy atom. The Morgan fingerprint density at radius 2 is 2.04 bits per heavy atom. The Bertz CT molecular complexity index is 687. The number of methoxy groups -OCH3 is 1. The summed E-state index contributed by atoms with van der Waals surface area (Å²) in [6.07, 6.45) is 3.69. The summed E-state index contributed by atoms with van der Waals surface area (Å²) < 4.78 is 4.83. The SMILES string of the molecule is COC(=O)C(Cc1ccccc1)NC(=O)c1cc2c(s1)CCC2. The molecule has 23 heavy (non-hydrogen) atoms. The van der Waals surface area contributed by atoms with E-state index in [2.05, 4.69) is 5.32 Å². The van der Waals surface area contributed by atoms with Crippen molar-refractivity contribution >= 4 is 23.2 Å². The van der Waals surface area contributed by atoms with Crippen LogP contribution in [0.3, 0.4) is 0 Å². The maximum absolute atomic E-state index is 12.5. The molecule has 1 aliphatic rings. The summed E-state index contributed by atoms with van der Waals surface area (Å²) in [5.74, 6) is -0.623. The van der Waals surface area contributed by atoms with Crippen LogP contribution in [0.1, 0.15) is 32.1 Å². The number of hydrogen-bond acceptors (Lipinski definition) is 4. The number of hydrogen-bond donors (Lipinski definition) is 1. The van der Waals surface area contributed by atoms with Gasteiger partial charge in [-0.2, -0.15) is 0 Å². The average Bonchev–Trinajstić information content (AvgIpc) is 3.16. The third-order valence-electron chi connectivity index (χ3n) is 4.04. The third kappa shape index (κ3) is 3.62. The highest BCUT2D eigenvalue weighted by molar-refractivity contribution is 7.14. The predicted molar refractivity (Wildman–Crippen MR) is 89.8 cm³/mol. The van der Waals surface area contributed by atoms with Crippen molar-refractivity contribution in [1.82, 2.24) is 5.32 Å². The summed E-state index contributed by atoms with van der Waals surface area (Å²) in [6.45, 7) is 0. The van der Waals surface area contributed by atoms with E-state index in [1.165, 1.54) is 35.3 Å². The normalized spacial score (nSPS) is 14.1. The number of rotatable bonds is 5. The van der Waals surface area contributed by atoms with E-state index in [0.717, 1.165) is 18.4 Å². The monoisotopic (exact) mass is 329 g/mol. The van der Waals surface area contributed by atoms with Gasteiger partial charge in [-0.25, -0.2) is 4.79 Å². The first-order valence-corrected chi connectivity index (χ1v) is 8.53. The first-order valence-electron chi connectivity index (χ1n) is 7.71. The summed E-state index contributed by atoms with van der Waals surface area (Å²) >= 11 is 1.53. The highest BCUT2D eigenvalue weighted by Gasteiger charge is 2.25. The molecule has 2 aromatic rings. The Labute approximate surface area is 139 Å². The van der Waals surface area contributed by atoms with Gasteiger partial charge in [0.1, 0.15) is 6.04 Å². The molecule has 0 fully saturated rings. The van der Waals surface area contributed by atoms with Gasteiger partial charge in [0.25, 0.3) is 5.91 Å². The number of carbonyl (C=O) groups is 2. The summed E-state index contributed by atoms with van der Waals surface area (Å²) in [5.41, 5.74) is 2.26. The van der Waals surface area contributed by atoms with Crippen molar-refractivity contribution in [2.45, 2.75) is 31.7 Å². The lowest BCUT2D eigenvalue weighted by atomic mass is 10.1. The number of aryl methyl sites for hydroxylation is 2. The minimum Gasteiger partial charge on any atom is -0.467 e. The van der Waals surface area contributed by atoms with Gasteiger partial charge in [-0.1, -0.05) is 30.3 Å². The van der Waals surface area contributed by atoms with Crippen LogP contribution in [-0.4, -0.2) is 25.0 Å². The Balaban J connectivity index is 1.72. The van der Waals surface area contributed by atoms with Crippen LogP contribution in [-0.2, 0) is 28.8 Å². The molecule has 5 heteroatoms. The van der Waals surface area contributed by atoms with Gasteiger partial charge in [-0.05, 0) is 36.5 Å². The molecule has 0 saturated carbocycles. The standard InChI is InChI=1S/C18H19NO3S/c1-22-18(21)14(10-12-6-3-2-4-7-12)19-17(20)16-11-13-8-5-9-15(13)23-16/h2-4,6-7,11,14H,5,8-10H2,1H3,(H,19,20). The van der Waals surface area contributed by atoms with Gasteiger partial charge >= 0.3 is 5.97 Å². The van der Waals surface area contributed by atoms with Crippen molar-refractivity contribution in [2.24, 2.45) is 0 Å². The van der Waals surface area contributed by atoms with Crippen LogP contribution in [0.4, 0.5) is 0 Å². The fourth-order valence-corrected chi connectivity index (χ4v) is 4.01. The van der Waals surface area contributed by atoms with Crippen LogP contribution in [0, 0.1) is 0 Å². The molecule has 0 saturated heterocycles. The molecule has 1 heterocycles. The van der Waals surface area contributed by atoms with Gasteiger partial charge in [-0.15, -0.1) is 11.3 Å². The maximum atomic E-state index is 12.5. The second kappa shape index (κ2) is 6.96. The van der Waals surface area contributed by atoms with Gasteiger partial charge in [0.15, 0.2) is 0 Å². The van der Waals surface area contributed by atoms with Crippen molar-refractivity contribution in [3.8, 4) is 0 Å². The molecule has 1 aromatic carbocycles.